The quantitative estimate of drug-likeness (QED) is 0.287. The number of hydrogen-bond acceptors (Lipinski definition) is 5. The van der Waals surface area contributed by atoms with E-state index in [1.54, 1.807) is 12.4 Å². The van der Waals surface area contributed by atoms with Crippen molar-refractivity contribution in [2.75, 3.05) is 13.1 Å². The number of allylic oxidation sites excluding steroid dienone is 4. The first-order valence-electron chi connectivity index (χ1n) is 13.2. The Kier molecular flexibility index (Phi) is 5.62. The van der Waals surface area contributed by atoms with Crippen molar-refractivity contribution in [1.82, 2.24) is 35.0 Å². The molecule has 5 heterocycles. The number of likely N-dealkylation sites (tertiary alicyclic amines) is 1. The zero-order chi connectivity index (χ0) is 25.6. The summed E-state index contributed by atoms with van der Waals surface area (Å²) < 4.78 is 14.9. The maximum atomic E-state index is 14.9. The molecule has 190 valence electrons. The molecule has 4 aromatic heterocycles. The number of halogens is 1. The summed E-state index contributed by atoms with van der Waals surface area (Å²) in [6.07, 6.45) is 14.1. The molecule has 1 atom stereocenters. The largest absolute Gasteiger partial charge is 0.335 e. The number of fused-ring (bicyclic) bond motifs is 2. The Morgan fingerprint density at radius 2 is 1.87 bits per heavy atom. The molecular weight excluding hydrogens is 477 g/mol. The number of pyridine rings is 2. The van der Waals surface area contributed by atoms with Gasteiger partial charge in [-0.1, -0.05) is 25.1 Å². The van der Waals surface area contributed by atoms with E-state index in [-0.39, 0.29) is 11.7 Å². The van der Waals surface area contributed by atoms with Gasteiger partial charge in [0.25, 0.3) is 0 Å². The van der Waals surface area contributed by atoms with Crippen LogP contribution in [0, 0.1) is 5.92 Å². The van der Waals surface area contributed by atoms with Crippen LogP contribution in [0.4, 0.5) is 4.39 Å². The summed E-state index contributed by atoms with van der Waals surface area (Å²) in [6, 6.07) is 8.49. The van der Waals surface area contributed by atoms with Crippen molar-refractivity contribution in [1.29, 1.82) is 0 Å². The first kappa shape index (κ1) is 23.0. The molecule has 1 aliphatic carbocycles. The number of nitrogens with zero attached hydrogens (tertiary/aromatic N) is 5. The molecule has 7 nitrogen and oxygen atoms in total. The molecule has 38 heavy (non-hydrogen) atoms. The van der Waals surface area contributed by atoms with E-state index < -0.39 is 0 Å². The summed E-state index contributed by atoms with van der Waals surface area (Å²) in [6.45, 7) is 5.25. The maximum Gasteiger partial charge on any atom is 0.159 e. The highest BCUT2D eigenvalue weighted by Crippen LogP contribution is 2.35. The van der Waals surface area contributed by atoms with Gasteiger partial charge in [-0.25, -0.2) is 9.37 Å². The molecule has 1 aliphatic heterocycles. The first-order chi connectivity index (χ1) is 18.6. The van der Waals surface area contributed by atoms with Gasteiger partial charge in [-0.15, -0.1) is 0 Å². The fourth-order valence-electron chi connectivity index (χ4n) is 5.59. The Morgan fingerprint density at radius 1 is 1.00 bits per heavy atom. The third-order valence-electron chi connectivity index (χ3n) is 7.59. The van der Waals surface area contributed by atoms with Gasteiger partial charge >= 0.3 is 0 Å². The van der Waals surface area contributed by atoms with Gasteiger partial charge in [-0.2, -0.15) is 5.10 Å². The highest BCUT2D eigenvalue weighted by molar-refractivity contribution is 5.98. The maximum absolute atomic E-state index is 14.9. The summed E-state index contributed by atoms with van der Waals surface area (Å²) in [5.74, 6) is 0.670. The predicted octanol–water partition coefficient (Wildman–Crippen LogP) is 6.44. The zero-order valence-corrected chi connectivity index (χ0v) is 21.2. The molecule has 0 bridgehead atoms. The Bertz CT molecular complexity index is 1720. The Hall–Kier alpha value is -4.17. The molecule has 5 aromatic rings. The Morgan fingerprint density at radius 3 is 2.74 bits per heavy atom. The van der Waals surface area contributed by atoms with Gasteiger partial charge < -0.3 is 4.98 Å². The summed E-state index contributed by atoms with van der Waals surface area (Å²) in [5, 5.41) is 8.67. The highest BCUT2D eigenvalue weighted by Gasteiger charge is 2.20. The second-order valence-electron chi connectivity index (χ2n) is 10.4. The van der Waals surface area contributed by atoms with Crippen LogP contribution in [0.15, 0.2) is 67.0 Å². The van der Waals surface area contributed by atoms with Gasteiger partial charge in [0.1, 0.15) is 17.0 Å². The van der Waals surface area contributed by atoms with Crippen molar-refractivity contribution in [2.45, 2.75) is 32.7 Å². The lowest BCUT2D eigenvalue weighted by atomic mass is 9.93. The number of H-pyrrole nitrogens is 2. The molecule has 1 saturated heterocycles. The van der Waals surface area contributed by atoms with Gasteiger partial charge in [0.15, 0.2) is 5.82 Å². The Labute approximate surface area is 219 Å². The number of aromatic amines is 2. The molecule has 7 rings (SSSR count). The van der Waals surface area contributed by atoms with Crippen LogP contribution >= 0.6 is 0 Å². The van der Waals surface area contributed by atoms with E-state index in [0.29, 0.717) is 34.6 Å². The molecule has 0 saturated carbocycles. The number of aromatic nitrogens is 6. The lowest BCUT2D eigenvalue weighted by molar-refractivity contribution is 0.331. The van der Waals surface area contributed by atoms with Crippen molar-refractivity contribution in [3.63, 3.8) is 0 Å². The zero-order valence-electron chi connectivity index (χ0n) is 21.2. The van der Waals surface area contributed by atoms with Gasteiger partial charge in [0, 0.05) is 53.6 Å². The number of nitrogens with one attached hydrogen (secondary N) is 2. The monoisotopic (exact) mass is 505 g/mol. The van der Waals surface area contributed by atoms with E-state index in [1.807, 2.05) is 37.5 Å². The van der Waals surface area contributed by atoms with Gasteiger partial charge in [0.2, 0.25) is 0 Å². The molecule has 2 N–H and O–H groups in total. The fourth-order valence-corrected chi connectivity index (χ4v) is 5.59. The predicted molar refractivity (Wildman–Crippen MR) is 148 cm³/mol. The second kappa shape index (κ2) is 9.29. The van der Waals surface area contributed by atoms with Crippen molar-refractivity contribution in [3.8, 4) is 22.6 Å². The smallest absolute Gasteiger partial charge is 0.159 e. The molecule has 1 fully saturated rings. The second-order valence-corrected chi connectivity index (χ2v) is 10.4. The average molecular weight is 506 g/mol. The summed E-state index contributed by atoms with van der Waals surface area (Å²) in [4.78, 5) is 19.6. The van der Waals surface area contributed by atoms with E-state index in [9.17, 15) is 4.39 Å². The van der Waals surface area contributed by atoms with Crippen molar-refractivity contribution in [2.24, 2.45) is 5.92 Å². The lowest BCUT2D eigenvalue weighted by Crippen LogP contribution is -2.18. The molecule has 1 unspecified atom stereocenters. The van der Waals surface area contributed by atoms with Crippen LogP contribution in [0.1, 0.15) is 37.3 Å². The van der Waals surface area contributed by atoms with Crippen LogP contribution in [0.25, 0.3) is 50.2 Å². The van der Waals surface area contributed by atoms with E-state index >= 15 is 0 Å². The van der Waals surface area contributed by atoms with Crippen LogP contribution in [-0.2, 0) is 6.54 Å². The van der Waals surface area contributed by atoms with Gasteiger partial charge in [0.05, 0.1) is 17.2 Å². The summed E-state index contributed by atoms with van der Waals surface area (Å²) in [5.41, 5.74) is 7.68. The fraction of sp³-hybridized carbons (Fsp3) is 0.267. The minimum absolute atomic E-state index is 0.130. The number of benzene rings is 1. The van der Waals surface area contributed by atoms with Crippen molar-refractivity contribution in [3.05, 3.63) is 78.2 Å². The van der Waals surface area contributed by atoms with Crippen LogP contribution < -0.4 is 0 Å². The van der Waals surface area contributed by atoms with E-state index in [2.05, 4.69) is 48.2 Å². The van der Waals surface area contributed by atoms with Gasteiger partial charge in [-0.05, 0) is 61.2 Å². The van der Waals surface area contributed by atoms with Crippen LogP contribution in [-0.4, -0.2) is 48.1 Å². The molecular formula is C30H28FN7. The standard InChI is InChI=1S/C30H28FN7/c1-18-4-6-22(25(31)10-18)24-15-33-16-27-28(24)35-30(34-27)29-23-12-20(5-7-26(23)36-37-29)21-11-19(13-32-14-21)17-38-8-2-3-9-38/h4-7,11-16,18H,2-3,8-10,17H2,1H3,(H,34,35)(H,36,37). The number of imidazole rings is 1. The topological polar surface area (TPSA) is 86.4 Å². The SMILES string of the molecule is CC1C=CC(c2cncc3[nH]c(-c4n[nH]c5ccc(-c6cncc(CN7CCCC7)c6)cc45)nc23)=C(F)C1. The van der Waals surface area contributed by atoms with Crippen molar-refractivity contribution >= 4 is 27.5 Å². The minimum atomic E-state index is -0.130. The molecule has 0 spiro atoms. The lowest BCUT2D eigenvalue weighted by Gasteiger charge is -2.14. The molecule has 0 radical (unpaired) electrons. The third-order valence-corrected chi connectivity index (χ3v) is 7.59. The molecule has 0 amide bonds. The molecule has 1 aromatic carbocycles. The van der Waals surface area contributed by atoms with Crippen LogP contribution in [0.5, 0.6) is 0 Å². The molecule has 2 aliphatic rings. The van der Waals surface area contributed by atoms with Crippen LogP contribution in [0.3, 0.4) is 0 Å². The first-order valence-corrected chi connectivity index (χ1v) is 13.2. The van der Waals surface area contributed by atoms with Crippen molar-refractivity contribution < 1.29 is 4.39 Å². The van der Waals surface area contributed by atoms with Gasteiger partial charge in [-0.3, -0.25) is 20.0 Å². The van der Waals surface area contributed by atoms with E-state index in [4.69, 9.17) is 4.98 Å². The summed E-state index contributed by atoms with van der Waals surface area (Å²) >= 11 is 0. The van der Waals surface area contributed by atoms with Crippen LogP contribution in [0.2, 0.25) is 0 Å². The summed E-state index contributed by atoms with van der Waals surface area (Å²) in [7, 11) is 0. The number of rotatable bonds is 5. The normalized spacial score (nSPS) is 18.3. The van der Waals surface area contributed by atoms with E-state index in [1.165, 1.54) is 18.4 Å². The Balaban J connectivity index is 1.27. The highest BCUT2D eigenvalue weighted by atomic mass is 19.1. The molecule has 8 heteroatoms. The van der Waals surface area contributed by atoms with E-state index in [0.717, 1.165) is 47.2 Å². The number of hydrogen-bond donors (Lipinski definition) is 2. The minimum Gasteiger partial charge on any atom is -0.335 e. The average Bonchev–Trinajstić information content (AvgIpc) is 3.68. The third kappa shape index (κ3) is 4.11.